The van der Waals surface area contributed by atoms with Gasteiger partial charge in [-0.2, -0.15) is 5.10 Å². The van der Waals surface area contributed by atoms with Crippen LogP contribution < -0.4 is 16.6 Å². The van der Waals surface area contributed by atoms with E-state index in [0.29, 0.717) is 12.8 Å². The molecular formula is C19H25ClN4O2. The van der Waals surface area contributed by atoms with Crippen molar-refractivity contribution in [1.82, 2.24) is 15.5 Å². The Kier molecular flexibility index (Phi) is 6.42. The standard InChI is InChI=1S/C19H24N4O2.ClH/c1-3-13-15(4-2)22-23-19(25)17(13)18(24)21-16-7-5-6-11-10-12(20)8-9-14(11)16;/h8-10,16H,3-7,20H2,1-2H3,(H,21,24)(H,23,25);1H. The fraction of sp³-hybridized carbons (Fsp3) is 0.421. The lowest BCUT2D eigenvalue weighted by molar-refractivity contribution is 0.0930. The van der Waals surface area contributed by atoms with Crippen LogP contribution in [0.15, 0.2) is 23.0 Å². The van der Waals surface area contributed by atoms with Crippen LogP contribution in [0.3, 0.4) is 0 Å². The first-order chi connectivity index (χ1) is 12.0. The summed E-state index contributed by atoms with van der Waals surface area (Å²) in [5.74, 6) is -0.329. The summed E-state index contributed by atoms with van der Waals surface area (Å²) in [5.41, 5.74) is 10.1. The number of hydrogen-bond acceptors (Lipinski definition) is 4. The summed E-state index contributed by atoms with van der Waals surface area (Å²) in [4.78, 5) is 25.1. The van der Waals surface area contributed by atoms with Gasteiger partial charge in [-0.1, -0.05) is 19.9 Å². The van der Waals surface area contributed by atoms with Crippen molar-refractivity contribution in [2.24, 2.45) is 0 Å². The Balaban J connectivity index is 0.00000243. The van der Waals surface area contributed by atoms with Gasteiger partial charge in [0.15, 0.2) is 0 Å². The average Bonchev–Trinajstić information content (AvgIpc) is 2.61. The molecular weight excluding hydrogens is 352 g/mol. The molecule has 6 nitrogen and oxygen atoms in total. The van der Waals surface area contributed by atoms with E-state index in [1.54, 1.807) is 0 Å². The van der Waals surface area contributed by atoms with Crippen molar-refractivity contribution in [3.05, 3.63) is 56.5 Å². The summed E-state index contributed by atoms with van der Waals surface area (Å²) >= 11 is 0. The maximum Gasteiger partial charge on any atom is 0.277 e. The Bertz CT molecular complexity index is 863. The number of nitrogen functional groups attached to an aromatic ring is 1. The number of anilines is 1. The number of aromatic nitrogens is 2. The summed E-state index contributed by atoms with van der Waals surface area (Å²) < 4.78 is 0. The van der Waals surface area contributed by atoms with Crippen LogP contribution in [0.25, 0.3) is 0 Å². The fourth-order valence-corrected chi connectivity index (χ4v) is 3.65. The van der Waals surface area contributed by atoms with Crippen molar-refractivity contribution >= 4 is 24.0 Å². The molecule has 1 aromatic carbocycles. The monoisotopic (exact) mass is 376 g/mol. The molecule has 0 fully saturated rings. The number of rotatable bonds is 4. The molecule has 0 saturated carbocycles. The van der Waals surface area contributed by atoms with Crippen LogP contribution in [0.2, 0.25) is 0 Å². The number of carbonyl (C=O) groups excluding carboxylic acids is 1. The number of hydrogen-bond donors (Lipinski definition) is 3. The lowest BCUT2D eigenvalue weighted by atomic mass is 9.87. The minimum atomic E-state index is -0.431. The molecule has 0 radical (unpaired) electrons. The van der Waals surface area contributed by atoms with Gasteiger partial charge in [0.05, 0.1) is 11.7 Å². The minimum absolute atomic E-state index is 0. The fourth-order valence-electron chi connectivity index (χ4n) is 3.65. The third-order valence-electron chi connectivity index (χ3n) is 4.87. The molecule has 1 unspecified atom stereocenters. The van der Waals surface area contributed by atoms with Gasteiger partial charge in [0, 0.05) is 5.69 Å². The average molecular weight is 377 g/mol. The van der Waals surface area contributed by atoms with E-state index in [-0.39, 0.29) is 29.9 Å². The third-order valence-corrected chi connectivity index (χ3v) is 4.87. The zero-order valence-corrected chi connectivity index (χ0v) is 15.9. The summed E-state index contributed by atoms with van der Waals surface area (Å²) in [7, 11) is 0. The van der Waals surface area contributed by atoms with Crippen LogP contribution in [-0.2, 0) is 19.3 Å². The second-order valence-electron chi connectivity index (χ2n) is 6.44. The Labute approximate surface area is 159 Å². The number of fused-ring (bicyclic) bond motifs is 1. The second kappa shape index (κ2) is 8.36. The summed E-state index contributed by atoms with van der Waals surface area (Å²) in [5, 5.41) is 9.58. The highest BCUT2D eigenvalue weighted by Gasteiger charge is 2.25. The predicted octanol–water partition coefficient (Wildman–Crippen LogP) is 2.71. The van der Waals surface area contributed by atoms with Crippen LogP contribution >= 0.6 is 12.4 Å². The van der Waals surface area contributed by atoms with Gasteiger partial charge in [-0.15, -0.1) is 12.4 Å². The topological polar surface area (TPSA) is 101 Å². The number of H-pyrrole nitrogens is 1. The number of nitrogens with zero attached hydrogens (tertiary/aromatic N) is 1. The van der Waals surface area contributed by atoms with Crippen molar-refractivity contribution < 1.29 is 4.79 Å². The van der Waals surface area contributed by atoms with Crippen LogP contribution in [0.1, 0.15) is 65.5 Å². The molecule has 0 saturated heterocycles. The van der Waals surface area contributed by atoms with Crippen LogP contribution in [-0.4, -0.2) is 16.1 Å². The summed E-state index contributed by atoms with van der Waals surface area (Å²) in [6.07, 6.45) is 4.07. The van der Waals surface area contributed by atoms with E-state index < -0.39 is 5.56 Å². The summed E-state index contributed by atoms with van der Waals surface area (Å²) in [6, 6.07) is 5.71. The van der Waals surface area contributed by atoms with E-state index in [1.165, 1.54) is 5.56 Å². The zero-order chi connectivity index (χ0) is 18.0. The van der Waals surface area contributed by atoms with Crippen molar-refractivity contribution in [3.63, 3.8) is 0 Å². The number of aromatic amines is 1. The van der Waals surface area contributed by atoms with E-state index in [1.807, 2.05) is 32.0 Å². The number of amides is 1. The van der Waals surface area contributed by atoms with Crippen LogP contribution in [0.5, 0.6) is 0 Å². The van der Waals surface area contributed by atoms with E-state index in [0.717, 1.165) is 41.8 Å². The smallest absolute Gasteiger partial charge is 0.277 e. The molecule has 1 amide bonds. The number of halogens is 1. The van der Waals surface area contributed by atoms with Gasteiger partial charge in [-0.3, -0.25) is 9.59 Å². The molecule has 26 heavy (non-hydrogen) atoms. The quantitative estimate of drug-likeness (QED) is 0.714. The lowest BCUT2D eigenvalue weighted by Gasteiger charge is -2.27. The second-order valence-corrected chi connectivity index (χ2v) is 6.44. The highest BCUT2D eigenvalue weighted by Crippen LogP contribution is 2.31. The molecule has 0 aliphatic heterocycles. The van der Waals surface area contributed by atoms with Crippen molar-refractivity contribution in [2.45, 2.75) is 52.0 Å². The SMILES string of the molecule is CCc1n[nH]c(=O)c(C(=O)NC2CCCc3cc(N)ccc32)c1CC.Cl. The van der Waals surface area contributed by atoms with Gasteiger partial charge in [0.2, 0.25) is 0 Å². The lowest BCUT2D eigenvalue weighted by Crippen LogP contribution is -2.36. The normalized spacial score (nSPS) is 15.7. The Hall–Kier alpha value is -2.34. The third kappa shape index (κ3) is 3.75. The first-order valence-electron chi connectivity index (χ1n) is 8.84. The number of benzene rings is 1. The molecule has 2 aromatic rings. The molecule has 3 rings (SSSR count). The number of aryl methyl sites for hydroxylation is 2. The maximum atomic E-state index is 12.9. The van der Waals surface area contributed by atoms with Crippen molar-refractivity contribution in [3.8, 4) is 0 Å². The minimum Gasteiger partial charge on any atom is -0.399 e. The predicted molar refractivity (Wildman–Crippen MR) is 105 cm³/mol. The highest BCUT2D eigenvalue weighted by molar-refractivity contribution is 5.95. The van der Waals surface area contributed by atoms with Gasteiger partial charge in [0.1, 0.15) is 5.56 Å². The molecule has 1 atom stereocenters. The molecule has 1 heterocycles. The van der Waals surface area contributed by atoms with E-state index in [4.69, 9.17) is 5.73 Å². The Morgan fingerprint density at radius 3 is 2.81 bits per heavy atom. The van der Waals surface area contributed by atoms with Crippen molar-refractivity contribution in [1.29, 1.82) is 0 Å². The van der Waals surface area contributed by atoms with Gasteiger partial charge >= 0.3 is 0 Å². The van der Waals surface area contributed by atoms with Gasteiger partial charge in [0.25, 0.3) is 11.5 Å². The first-order valence-corrected chi connectivity index (χ1v) is 8.84. The van der Waals surface area contributed by atoms with Gasteiger partial charge < -0.3 is 11.1 Å². The molecule has 1 aliphatic rings. The van der Waals surface area contributed by atoms with Crippen LogP contribution in [0.4, 0.5) is 5.69 Å². The van der Waals surface area contributed by atoms with Gasteiger partial charge in [-0.25, -0.2) is 5.10 Å². The molecule has 4 N–H and O–H groups in total. The number of carbonyl (C=O) groups is 1. The Morgan fingerprint density at radius 2 is 2.12 bits per heavy atom. The molecule has 0 bridgehead atoms. The first kappa shape index (κ1) is 20.0. The van der Waals surface area contributed by atoms with E-state index in [2.05, 4.69) is 15.5 Å². The number of nitrogens with one attached hydrogen (secondary N) is 2. The van der Waals surface area contributed by atoms with Crippen molar-refractivity contribution in [2.75, 3.05) is 5.73 Å². The van der Waals surface area contributed by atoms with E-state index in [9.17, 15) is 9.59 Å². The maximum absolute atomic E-state index is 12.9. The highest BCUT2D eigenvalue weighted by atomic mass is 35.5. The molecule has 1 aromatic heterocycles. The van der Waals surface area contributed by atoms with Gasteiger partial charge in [-0.05, 0) is 60.9 Å². The van der Waals surface area contributed by atoms with Crippen LogP contribution in [0, 0.1) is 0 Å². The summed E-state index contributed by atoms with van der Waals surface area (Å²) in [6.45, 7) is 3.90. The number of nitrogens with two attached hydrogens (primary N) is 1. The largest absolute Gasteiger partial charge is 0.399 e. The zero-order valence-electron chi connectivity index (χ0n) is 15.1. The molecule has 1 aliphatic carbocycles. The molecule has 0 spiro atoms. The molecule has 140 valence electrons. The molecule has 7 heteroatoms. The Morgan fingerprint density at radius 1 is 1.35 bits per heavy atom. The van der Waals surface area contributed by atoms with E-state index >= 15 is 0 Å².